The highest BCUT2D eigenvalue weighted by atomic mass is 19.1. The van der Waals surface area contributed by atoms with Gasteiger partial charge in [-0.3, -0.25) is 9.59 Å². The number of aliphatic carboxylic acids is 2. The minimum Gasteiger partial charge on any atom is -0.481 e. The molecule has 0 bridgehead atoms. The minimum absolute atomic E-state index is 0.121. The van der Waals surface area contributed by atoms with E-state index in [4.69, 9.17) is 5.11 Å². The molecule has 0 radical (unpaired) electrons. The molecule has 0 aromatic heterocycles. The van der Waals surface area contributed by atoms with Crippen molar-refractivity contribution in [2.75, 3.05) is 0 Å². The van der Waals surface area contributed by atoms with Crippen LogP contribution in [0.1, 0.15) is 40.4 Å². The molecule has 26 heavy (non-hydrogen) atoms. The Morgan fingerprint density at radius 1 is 1.04 bits per heavy atom. The van der Waals surface area contributed by atoms with Gasteiger partial charge in [0.2, 0.25) is 0 Å². The van der Waals surface area contributed by atoms with Crippen molar-refractivity contribution in [1.29, 1.82) is 0 Å². The first kappa shape index (κ1) is 19.1. The number of carboxylic acid groups (broad SMARTS) is 2. The molecule has 136 valence electrons. The summed E-state index contributed by atoms with van der Waals surface area (Å²) < 4.78 is 13.6. The molecule has 0 aliphatic carbocycles. The molecule has 3 N–H and O–H groups in total. The van der Waals surface area contributed by atoms with Crippen LogP contribution in [0.4, 0.5) is 4.39 Å². The molecule has 1 amide bonds. The summed E-state index contributed by atoms with van der Waals surface area (Å²) in [7, 11) is 0. The average molecular weight is 359 g/mol. The number of carbonyl (C=O) groups is 3. The van der Waals surface area contributed by atoms with Crippen LogP contribution in [0.3, 0.4) is 0 Å². The van der Waals surface area contributed by atoms with Gasteiger partial charge in [0.1, 0.15) is 5.82 Å². The molecular weight excluding hydrogens is 341 g/mol. The van der Waals surface area contributed by atoms with E-state index in [1.54, 1.807) is 30.3 Å². The van der Waals surface area contributed by atoms with Crippen LogP contribution >= 0.6 is 0 Å². The molecule has 0 aliphatic heterocycles. The molecule has 0 fully saturated rings. The number of carbonyl (C=O) groups excluding carboxylic acids is 1. The predicted octanol–water partition coefficient (Wildman–Crippen LogP) is 2.79. The molecule has 2 aromatic carbocycles. The fourth-order valence-corrected chi connectivity index (χ4v) is 2.58. The molecule has 7 heteroatoms. The van der Waals surface area contributed by atoms with E-state index in [0.717, 1.165) is 6.07 Å². The lowest BCUT2D eigenvalue weighted by atomic mass is 9.96. The Morgan fingerprint density at radius 3 is 2.35 bits per heavy atom. The fourth-order valence-electron chi connectivity index (χ4n) is 2.58. The van der Waals surface area contributed by atoms with Crippen LogP contribution in [0.2, 0.25) is 0 Å². The topological polar surface area (TPSA) is 104 Å². The van der Waals surface area contributed by atoms with E-state index in [2.05, 4.69) is 5.32 Å². The Balaban J connectivity index is 2.27. The molecule has 0 saturated carbocycles. The normalized spacial score (nSPS) is 11.6. The van der Waals surface area contributed by atoms with Gasteiger partial charge in [-0.15, -0.1) is 0 Å². The summed E-state index contributed by atoms with van der Waals surface area (Å²) >= 11 is 0. The zero-order chi connectivity index (χ0) is 19.1. The molecule has 0 aliphatic rings. The van der Waals surface area contributed by atoms with Gasteiger partial charge >= 0.3 is 11.9 Å². The van der Waals surface area contributed by atoms with Gasteiger partial charge in [-0.2, -0.15) is 0 Å². The van der Waals surface area contributed by atoms with Crippen LogP contribution in [0, 0.1) is 5.82 Å². The van der Waals surface area contributed by atoms with Crippen molar-refractivity contribution in [3.63, 3.8) is 0 Å². The molecular formula is C19H18FNO5. The molecule has 2 rings (SSSR count). The Hall–Kier alpha value is -3.22. The lowest BCUT2D eigenvalue weighted by Crippen LogP contribution is -2.34. The number of aryl methyl sites for hydroxylation is 1. The SMILES string of the molecule is O=C(O)CCCc1cc(F)ccc1C(NC(=O)c1ccccc1)C(=O)O. The summed E-state index contributed by atoms with van der Waals surface area (Å²) in [5.74, 6) is -3.41. The molecule has 0 saturated heterocycles. The number of hydrogen-bond acceptors (Lipinski definition) is 3. The van der Waals surface area contributed by atoms with Crippen molar-refractivity contribution in [1.82, 2.24) is 5.32 Å². The third kappa shape index (κ3) is 5.14. The Bertz CT molecular complexity index is 807. The first-order valence-corrected chi connectivity index (χ1v) is 7.97. The van der Waals surface area contributed by atoms with Gasteiger partial charge in [-0.05, 0) is 48.2 Å². The lowest BCUT2D eigenvalue weighted by molar-refractivity contribution is -0.139. The van der Waals surface area contributed by atoms with E-state index in [9.17, 15) is 23.9 Å². The Labute approximate surface area is 149 Å². The zero-order valence-corrected chi connectivity index (χ0v) is 13.8. The van der Waals surface area contributed by atoms with Crippen LogP contribution < -0.4 is 5.32 Å². The van der Waals surface area contributed by atoms with E-state index in [1.165, 1.54) is 12.1 Å². The lowest BCUT2D eigenvalue weighted by Gasteiger charge is -2.18. The summed E-state index contributed by atoms with van der Waals surface area (Å²) in [6.07, 6.45) is 0.291. The Morgan fingerprint density at radius 2 is 1.73 bits per heavy atom. The van der Waals surface area contributed by atoms with Crippen molar-refractivity contribution in [3.05, 3.63) is 71.0 Å². The summed E-state index contributed by atoms with van der Waals surface area (Å²) in [5, 5.41) is 20.7. The molecule has 1 unspecified atom stereocenters. The third-order valence-electron chi connectivity index (χ3n) is 3.81. The second-order valence-electron chi connectivity index (χ2n) is 5.70. The number of rotatable bonds is 8. The van der Waals surface area contributed by atoms with E-state index in [1.807, 2.05) is 0 Å². The maximum atomic E-state index is 13.6. The maximum Gasteiger partial charge on any atom is 0.330 e. The average Bonchev–Trinajstić information content (AvgIpc) is 2.60. The summed E-state index contributed by atoms with van der Waals surface area (Å²) in [6.45, 7) is 0. The number of benzene rings is 2. The van der Waals surface area contributed by atoms with Gasteiger partial charge in [-0.25, -0.2) is 9.18 Å². The number of carboxylic acids is 2. The number of nitrogens with one attached hydrogen (secondary N) is 1. The predicted molar refractivity (Wildman–Crippen MR) is 91.3 cm³/mol. The highest BCUT2D eigenvalue weighted by Gasteiger charge is 2.25. The highest BCUT2D eigenvalue weighted by Crippen LogP contribution is 2.22. The minimum atomic E-state index is -1.37. The molecule has 2 aromatic rings. The number of hydrogen-bond donors (Lipinski definition) is 3. The molecule has 1 atom stereocenters. The second kappa shape index (κ2) is 8.75. The highest BCUT2D eigenvalue weighted by molar-refractivity contribution is 5.96. The monoisotopic (exact) mass is 359 g/mol. The standard InChI is InChI=1S/C19H18FNO5/c20-14-9-10-15(13(11-14)7-4-8-16(22)23)17(19(25)26)21-18(24)12-5-2-1-3-6-12/h1-3,5-6,9-11,17H,4,7-8H2,(H,21,24)(H,22,23)(H,25,26). The van der Waals surface area contributed by atoms with Gasteiger partial charge in [0.15, 0.2) is 6.04 Å². The van der Waals surface area contributed by atoms with Crippen LogP contribution in [-0.4, -0.2) is 28.1 Å². The quantitative estimate of drug-likeness (QED) is 0.672. The van der Waals surface area contributed by atoms with Crippen molar-refractivity contribution >= 4 is 17.8 Å². The van der Waals surface area contributed by atoms with Gasteiger partial charge in [-0.1, -0.05) is 24.3 Å². The van der Waals surface area contributed by atoms with Crippen molar-refractivity contribution in [2.24, 2.45) is 0 Å². The van der Waals surface area contributed by atoms with E-state index >= 15 is 0 Å². The van der Waals surface area contributed by atoms with E-state index in [0.29, 0.717) is 11.1 Å². The summed E-state index contributed by atoms with van der Waals surface area (Å²) in [5.41, 5.74) is 0.883. The van der Waals surface area contributed by atoms with Crippen molar-refractivity contribution in [2.45, 2.75) is 25.3 Å². The second-order valence-corrected chi connectivity index (χ2v) is 5.70. The first-order valence-electron chi connectivity index (χ1n) is 7.97. The Kier molecular flexibility index (Phi) is 6.43. The molecule has 0 spiro atoms. The largest absolute Gasteiger partial charge is 0.481 e. The van der Waals surface area contributed by atoms with Gasteiger partial charge in [0.05, 0.1) is 0 Å². The first-order chi connectivity index (χ1) is 12.4. The number of amides is 1. The summed E-state index contributed by atoms with van der Waals surface area (Å²) in [6, 6.07) is 10.3. The summed E-state index contributed by atoms with van der Waals surface area (Å²) in [4.78, 5) is 34.6. The van der Waals surface area contributed by atoms with Crippen LogP contribution in [-0.2, 0) is 16.0 Å². The van der Waals surface area contributed by atoms with E-state index in [-0.39, 0.29) is 24.8 Å². The smallest absolute Gasteiger partial charge is 0.330 e. The van der Waals surface area contributed by atoms with Crippen LogP contribution in [0.25, 0.3) is 0 Å². The molecule has 6 nitrogen and oxygen atoms in total. The van der Waals surface area contributed by atoms with Crippen molar-refractivity contribution in [3.8, 4) is 0 Å². The molecule has 0 heterocycles. The van der Waals surface area contributed by atoms with Crippen LogP contribution in [0.5, 0.6) is 0 Å². The fraction of sp³-hybridized carbons (Fsp3) is 0.211. The van der Waals surface area contributed by atoms with Gasteiger partial charge in [0.25, 0.3) is 5.91 Å². The van der Waals surface area contributed by atoms with Crippen molar-refractivity contribution < 1.29 is 29.0 Å². The zero-order valence-electron chi connectivity index (χ0n) is 13.8. The third-order valence-corrected chi connectivity index (χ3v) is 3.81. The maximum absolute atomic E-state index is 13.6. The van der Waals surface area contributed by atoms with Gasteiger partial charge in [0, 0.05) is 12.0 Å². The van der Waals surface area contributed by atoms with Crippen LogP contribution in [0.15, 0.2) is 48.5 Å². The van der Waals surface area contributed by atoms with E-state index < -0.39 is 29.7 Å². The van der Waals surface area contributed by atoms with Gasteiger partial charge < -0.3 is 15.5 Å². The number of halogens is 1.